The lowest BCUT2D eigenvalue weighted by Crippen LogP contribution is -2.44. The monoisotopic (exact) mass is 351 g/mol. The third-order valence-corrected chi connectivity index (χ3v) is 5.10. The number of halogens is 1. The Morgan fingerprint density at radius 3 is 2.83 bits per heavy atom. The molecule has 2 fully saturated rings. The van der Waals surface area contributed by atoms with Crippen molar-refractivity contribution in [1.29, 1.82) is 0 Å². The number of benzene rings is 1. The molecule has 5 nitrogen and oxygen atoms in total. The molecule has 2 aliphatic rings. The predicted molar refractivity (Wildman–Crippen MR) is 98.0 cm³/mol. The molecule has 3 rings (SSSR count). The molecule has 2 saturated heterocycles. The first-order valence-corrected chi connectivity index (χ1v) is 9.18. The van der Waals surface area contributed by atoms with E-state index in [4.69, 9.17) is 16.3 Å². The highest BCUT2D eigenvalue weighted by molar-refractivity contribution is 6.31. The fourth-order valence-electron chi connectivity index (χ4n) is 3.47. The van der Waals surface area contributed by atoms with Crippen molar-refractivity contribution in [3.8, 4) is 0 Å². The van der Waals surface area contributed by atoms with Crippen LogP contribution in [0.3, 0.4) is 0 Å². The number of carbonyl (C=O) groups excluding carboxylic acids is 1. The summed E-state index contributed by atoms with van der Waals surface area (Å²) in [6, 6.07) is 6.15. The fourth-order valence-corrected chi connectivity index (χ4v) is 3.64. The first kappa shape index (κ1) is 17.4. The van der Waals surface area contributed by atoms with E-state index in [1.165, 1.54) is 6.42 Å². The molecule has 0 aliphatic carbocycles. The SMILES string of the molecule is CC1CCCCN1C(=O)CNc1cc(Cl)ccc1N1CCOCC1. The number of carbonyl (C=O) groups is 1. The lowest BCUT2D eigenvalue weighted by Gasteiger charge is -2.34. The number of nitrogens with one attached hydrogen (secondary N) is 1. The summed E-state index contributed by atoms with van der Waals surface area (Å²) in [4.78, 5) is 16.8. The second-order valence-electron chi connectivity index (χ2n) is 6.55. The topological polar surface area (TPSA) is 44.8 Å². The largest absolute Gasteiger partial charge is 0.378 e. The average Bonchev–Trinajstić information content (AvgIpc) is 2.61. The van der Waals surface area contributed by atoms with E-state index in [1.54, 1.807) is 0 Å². The minimum absolute atomic E-state index is 0.162. The van der Waals surface area contributed by atoms with E-state index in [9.17, 15) is 4.79 Å². The number of anilines is 2. The number of ether oxygens (including phenoxy) is 1. The van der Waals surface area contributed by atoms with Gasteiger partial charge in [0.25, 0.3) is 0 Å². The van der Waals surface area contributed by atoms with Crippen LogP contribution in [0.1, 0.15) is 26.2 Å². The van der Waals surface area contributed by atoms with E-state index in [-0.39, 0.29) is 5.91 Å². The maximum atomic E-state index is 12.6. The summed E-state index contributed by atoms with van der Waals surface area (Å²) in [5.74, 6) is 0.162. The minimum atomic E-state index is 0.162. The molecule has 0 radical (unpaired) electrons. The Hall–Kier alpha value is -1.46. The van der Waals surface area contributed by atoms with Crippen LogP contribution >= 0.6 is 11.6 Å². The van der Waals surface area contributed by atoms with Crippen molar-refractivity contribution in [3.05, 3.63) is 23.2 Å². The minimum Gasteiger partial charge on any atom is -0.378 e. The molecule has 1 unspecified atom stereocenters. The molecular weight excluding hydrogens is 326 g/mol. The highest BCUT2D eigenvalue weighted by Crippen LogP contribution is 2.30. The van der Waals surface area contributed by atoms with Gasteiger partial charge in [0.2, 0.25) is 5.91 Å². The number of piperidine rings is 1. The summed E-state index contributed by atoms with van der Waals surface area (Å²) >= 11 is 6.16. The molecule has 2 heterocycles. The van der Waals surface area contributed by atoms with Gasteiger partial charge in [0, 0.05) is 30.7 Å². The van der Waals surface area contributed by atoms with Crippen LogP contribution in [0.2, 0.25) is 5.02 Å². The average molecular weight is 352 g/mol. The van der Waals surface area contributed by atoms with Crippen LogP contribution < -0.4 is 10.2 Å². The van der Waals surface area contributed by atoms with Gasteiger partial charge < -0.3 is 19.9 Å². The van der Waals surface area contributed by atoms with Crippen molar-refractivity contribution in [3.63, 3.8) is 0 Å². The second-order valence-corrected chi connectivity index (χ2v) is 6.98. The van der Waals surface area contributed by atoms with E-state index >= 15 is 0 Å². The van der Waals surface area contributed by atoms with Crippen molar-refractivity contribution in [2.24, 2.45) is 0 Å². The zero-order chi connectivity index (χ0) is 16.9. The van der Waals surface area contributed by atoms with Crippen molar-refractivity contribution in [2.45, 2.75) is 32.2 Å². The Kier molecular flexibility index (Phi) is 5.85. The maximum Gasteiger partial charge on any atom is 0.242 e. The van der Waals surface area contributed by atoms with Crippen molar-refractivity contribution in [2.75, 3.05) is 49.6 Å². The summed E-state index contributed by atoms with van der Waals surface area (Å²) in [6.45, 7) is 6.48. The molecule has 2 aliphatic heterocycles. The Balaban J connectivity index is 1.67. The lowest BCUT2D eigenvalue weighted by atomic mass is 10.0. The van der Waals surface area contributed by atoms with Gasteiger partial charge in [0.05, 0.1) is 31.1 Å². The first-order valence-electron chi connectivity index (χ1n) is 8.81. The summed E-state index contributed by atoms with van der Waals surface area (Å²) in [5, 5.41) is 3.99. The molecule has 1 amide bonds. The molecule has 1 N–H and O–H groups in total. The van der Waals surface area contributed by atoms with Gasteiger partial charge in [-0.25, -0.2) is 0 Å². The normalized spacial score (nSPS) is 21.7. The zero-order valence-electron chi connectivity index (χ0n) is 14.3. The predicted octanol–water partition coefficient (Wildman–Crippen LogP) is 2.99. The van der Waals surface area contributed by atoms with Gasteiger partial charge >= 0.3 is 0 Å². The maximum absolute atomic E-state index is 12.6. The van der Waals surface area contributed by atoms with Crippen LogP contribution in [0, 0.1) is 0 Å². The van der Waals surface area contributed by atoms with E-state index in [2.05, 4.69) is 17.1 Å². The molecule has 132 valence electrons. The smallest absolute Gasteiger partial charge is 0.242 e. The number of hydrogen-bond donors (Lipinski definition) is 1. The summed E-state index contributed by atoms with van der Waals surface area (Å²) < 4.78 is 5.43. The Bertz CT molecular complexity index is 575. The number of morpholine rings is 1. The van der Waals surface area contributed by atoms with Gasteiger partial charge in [-0.15, -0.1) is 0 Å². The van der Waals surface area contributed by atoms with Crippen LogP contribution in [-0.4, -0.2) is 56.2 Å². The van der Waals surface area contributed by atoms with Crippen molar-refractivity contribution >= 4 is 28.9 Å². The zero-order valence-corrected chi connectivity index (χ0v) is 15.0. The second kappa shape index (κ2) is 8.08. The molecule has 0 bridgehead atoms. The Morgan fingerprint density at radius 1 is 1.29 bits per heavy atom. The van der Waals surface area contributed by atoms with E-state index < -0.39 is 0 Å². The van der Waals surface area contributed by atoms with Crippen molar-refractivity contribution < 1.29 is 9.53 Å². The van der Waals surface area contributed by atoms with Gasteiger partial charge in [0.1, 0.15) is 0 Å². The molecular formula is C18H26ClN3O2. The summed E-state index contributed by atoms with van der Waals surface area (Å²) in [7, 11) is 0. The van der Waals surface area contributed by atoms with Crippen LogP contribution in [-0.2, 0) is 9.53 Å². The molecule has 24 heavy (non-hydrogen) atoms. The van der Waals surface area contributed by atoms with E-state index in [0.717, 1.165) is 57.1 Å². The van der Waals surface area contributed by atoms with E-state index in [1.807, 2.05) is 23.1 Å². The van der Waals surface area contributed by atoms with Gasteiger partial charge in [-0.2, -0.15) is 0 Å². The molecule has 0 saturated carbocycles. The van der Waals surface area contributed by atoms with Gasteiger partial charge in [0.15, 0.2) is 0 Å². The summed E-state index contributed by atoms with van der Waals surface area (Å²) in [5.41, 5.74) is 2.00. The highest BCUT2D eigenvalue weighted by Gasteiger charge is 2.23. The third-order valence-electron chi connectivity index (χ3n) is 4.86. The van der Waals surface area contributed by atoms with Crippen molar-refractivity contribution in [1.82, 2.24) is 4.90 Å². The number of amides is 1. The summed E-state index contributed by atoms with van der Waals surface area (Å²) in [6.07, 6.45) is 3.42. The molecule has 1 aromatic rings. The number of rotatable bonds is 4. The third kappa shape index (κ3) is 4.14. The molecule has 6 heteroatoms. The lowest BCUT2D eigenvalue weighted by molar-refractivity contribution is -0.132. The van der Waals surface area contributed by atoms with Crippen LogP contribution in [0.5, 0.6) is 0 Å². The number of nitrogens with zero attached hydrogens (tertiary/aromatic N) is 2. The van der Waals surface area contributed by atoms with E-state index in [0.29, 0.717) is 17.6 Å². The quantitative estimate of drug-likeness (QED) is 0.905. The number of hydrogen-bond acceptors (Lipinski definition) is 4. The molecule has 1 aromatic carbocycles. The van der Waals surface area contributed by atoms with Crippen LogP contribution in [0.25, 0.3) is 0 Å². The van der Waals surface area contributed by atoms with Gasteiger partial charge in [-0.05, 0) is 44.4 Å². The first-order chi connectivity index (χ1) is 11.6. The number of likely N-dealkylation sites (tertiary alicyclic amines) is 1. The van der Waals surface area contributed by atoms with Crippen LogP contribution in [0.15, 0.2) is 18.2 Å². The van der Waals surface area contributed by atoms with Crippen LogP contribution in [0.4, 0.5) is 11.4 Å². The molecule has 0 aromatic heterocycles. The molecule has 0 spiro atoms. The van der Waals surface area contributed by atoms with Gasteiger partial charge in [-0.3, -0.25) is 4.79 Å². The molecule has 1 atom stereocenters. The Morgan fingerprint density at radius 2 is 2.08 bits per heavy atom. The van der Waals surface area contributed by atoms with Gasteiger partial charge in [-0.1, -0.05) is 11.6 Å². The highest BCUT2D eigenvalue weighted by atomic mass is 35.5. The fraction of sp³-hybridized carbons (Fsp3) is 0.611. The Labute approximate surface area is 148 Å². The standard InChI is InChI=1S/C18H26ClN3O2/c1-14-4-2-3-7-22(14)18(23)13-20-16-12-15(19)5-6-17(16)21-8-10-24-11-9-21/h5-6,12,14,20H,2-4,7-11,13H2,1H3.